The first-order valence-corrected chi connectivity index (χ1v) is 14.8. The van der Waals surface area contributed by atoms with Crippen molar-refractivity contribution in [1.29, 1.82) is 0 Å². The van der Waals surface area contributed by atoms with Gasteiger partial charge in [-0.05, 0) is 95.6 Å². The molecule has 0 saturated carbocycles. The molecule has 0 N–H and O–H groups in total. The molecule has 35 heavy (non-hydrogen) atoms. The van der Waals surface area contributed by atoms with Gasteiger partial charge >= 0.3 is 0 Å². The van der Waals surface area contributed by atoms with Crippen LogP contribution in [0.3, 0.4) is 0 Å². The van der Waals surface area contributed by atoms with Crippen LogP contribution in [-0.4, -0.2) is 13.2 Å². The number of thiophene rings is 1. The highest BCUT2D eigenvalue weighted by atomic mass is 32.1. The molecule has 2 aromatic rings. The van der Waals surface area contributed by atoms with E-state index in [1.807, 2.05) is 11.3 Å². The molecule has 0 amide bonds. The maximum atomic E-state index is 5.31. The quantitative estimate of drug-likeness (QED) is 0.400. The van der Waals surface area contributed by atoms with Gasteiger partial charge in [0.25, 0.3) is 0 Å². The molecule has 2 aliphatic rings. The molecule has 1 saturated heterocycles. The van der Waals surface area contributed by atoms with Crippen molar-refractivity contribution in [2.45, 2.75) is 113 Å². The fraction of sp³-hybridized carbons (Fsp3) is 0.697. The van der Waals surface area contributed by atoms with Crippen molar-refractivity contribution >= 4 is 11.3 Å². The summed E-state index contributed by atoms with van der Waals surface area (Å²) in [5, 5.41) is 2.14. The second-order valence-corrected chi connectivity index (χ2v) is 15.2. The first-order chi connectivity index (χ1) is 16.2. The maximum Gasteiger partial charge on any atom is 0.0468 e. The number of benzene rings is 1. The summed E-state index contributed by atoms with van der Waals surface area (Å²) in [4.78, 5) is 1.49. The van der Waals surface area contributed by atoms with Crippen molar-refractivity contribution < 1.29 is 4.74 Å². The maximum absolute atomic E-state index is 5.31. The summed E-state index contributed by atoms with van der Waals surface area (Å²) < 4.78 is 5.31. The molecule has 1 nitrogen and oxygen atoms in total. The fourth-order valence-corrected chi connectivity index (χ4v) is 6.41. The summed E-state index contributed by atoms with van der Waals surface area (Å²) in [6.07, 6.45) is 9.11. The standard InChI is InChI=1S/C14H20.C10H20O.C9H14S/c1-14(2,3)13-10-6-8-11-7-4-5-9-12(11)13;1-10(2,3)8-9-4-6-11-7-5-9;1-9(2,3)7-8-5-4-6-10-8/h4-5,7,9,13H,6,8,10H2,1-3H3;9H,4-8H2,1-3H3;4-6H,7H2,1-3H3. The van der Waals surface area contributed by atoms with Crippen LogP contribution in [0, 0.1) is 22.2 Å². The van der Waals surface area contributed by atoms with Crippen molar-refractivity contribution in [2.24, 2.45) is 22.2 Å². The lowest BCUT2D eigenvalue weighted by Gasteiger charge is -2.35. The highest BCUT2D eigenvalue weighted by Crippen LogP contribution is 2.43. The zero-order valence-electron chi connectivity index (χ0n) is 24.4. The molecule has 198 valence electrons. The molecule has 2 heterocycles. The van der Waals surface area contributed by atoms with E-state index in [0.29, 0.717) is 16.2 Å². The molecule has 1 unspecified atom stereocenters. The predicted octanol–water partition coefficient (Wildman–Crippen LogP) is 10.3. The third kappa shape index (κ3) is 12.1. The Morgan fingerprint density at radius 1 is 0.800 bits per heavy atom. The zero-order chi connectivity index (χ0) is 26.1. The first kappa shape index (κ1) is 30.1. The van der Waals surface area contributed by atoms with Crippen LogP contribution in [-0.2, 0) is 17.6 Å². The van der Waals surface area contributed by atoms with Crippen LogP contribution >= 0.6 is 11.3 Å². The summed E-state index contributed by atoms with van der Waals surface area (Å²) in [5.41, 5.74) is 4.54. The summed E-state index contributed by atoms with van der Waals surface area (Å²) in [7, 11) is 0. The van der Waals surface area contributed by atoms with Crippen molar-refractivity contribution in [3.63, 3.8) is 0 Å². The van der Waals surface area contributed by atoms with Crippen LogP contribution in [0.2, 0.25) is 0 Å². The minimum atomic E-state index is 0.413. The molecule has 0 radical (unpaired) electrons. The molecule has 0 bridgehead atoms. The Morgan fingerprint density at radius 2 is 1.46 bits per heavy atom. The van der Waals surface area contributed by atoms with Gasteiger partial charge < -0.3 is 4.74 Å². The van der Waals surface area contributed by atoms with Gasteiger partial charge in [-0.25, -0.2) is 0 Å². The van der Waals surface area contributed by atoms with E-state index in [1.54, 1.807) is 11.1 Å². The lowest BCUT2D eigenvalue weighted by molar-refractivity contribution is 0.0532. The summed E-state index contributed by atoms with van der Waals surface area (Å²) in [6.45, 7) is 22.8. The summed E-state index contributed by atoms with van der Waals surface area (Å²) >= 11 is 1.85. The Bertz CT molecular complexity index is 823. The van der Waals surface area contributed by atoms with Gasteiger partial charge in [-0.3, -0.25) is 0 Å². The van der Waals surface area contributed by atoms with Crippen molar-refractivity contribution in [3.05, 3.63) is 57.8 Å². The highest BCUT2D eigenvalue weighted by molar-refractivity contribution is 7.09. The second kappa shape index (κ2) is 13.4. The van der Waals surface area contributed by atoms with Crippen molar-refractivity contribution in [1.82, 2.24) is 0 Å². The van der Waals surface area contributed by atoms with E-state index in [2.05, 4.69) is 104 Å². The molecule has 1 aliphatic carbocycles. The van der Waals surface area contributed by atoms with Crippen LogP contribution in [0.25, 0.3) is 0 Å². The van der Waals surface area contributed by atoms with E-state index in [1.165, 1.54) is 49.8 Å². The van der Waals surface area contributed by atoms with Gasteiger partial charge in [0.1, 0.15) is 0 Å². The third-order valence-corrected chi connectivity index (χ3v) is 7.82. The molecule has 2 heteroatoms. The SMILES string of the molecule is CC(C)(C)C1CCCc2ccccc21.CC(C)(C)CC1CCOCC1.CC(C)(C)Cc1cccs1. The molecular formula is C33H54OS. The first-order valence-electron chi connectivity index (χ1n) is 13.9. The molecule has 1 aromatic carbocycles. The molecule has 4 rings (SSSR count). The van der Waals surface area contributed by atoms with Gasteiger partial charge in [0.05, 0.1) is 0 Å². The molecular weight excluding hydrogens is 444 g/mol. The molecule has 1 atom stereocenters. The van der Waals surface area contributed by atoms with Crippen molar-refractivity contribution in [3.8, 4) is 0 Å². The number of hydrogen-bond donors (Lipinski definition) is 0. The average Bonchev–Trinajstić information content (AvgIpc) is 3.24. The van der Waals surface area contributed by atoms with Crippen LogP contribution in [0.5, 0.6) is 0 Å². The Hall–Kier alpha value is -1.12. The summed E-state index contributed by atoms with van der Waals surface area (Å²) in [5.74, 6) is 1.68. The summed E-state index contributed by atoms with van der Waals surface area (Å²) in [6, 6.07) is 13.3. The highest BCUT2D eigenvalue weighted by Gasteiger charge is 2.29. The van der Waals surface area contributed by atoms with Gasteiger partial charge in [0.2, 0.25) is 0 Å². The van der Waals surface area contributed by atoms with Crippen molar-refractivity contribution in [2.75, 3.05) is 13.2 Å². The zero-order valence-corrected chi connectivity index (χ0v) is 25.2. The van der Waals surface area contributed by atoms with Crippen LogP contribution < -0.4 is 0 Å². The Balaban J connectivity index is 0.000000189. The minimum Gasteiger partial charge on any atom is -0.381 e. The number of hydrogen-bond acceptors (Lipinski definition) is 2. The molecule has 1 aromatic heterocycles. The Kier molecular flexibility index (Phi) is 11.6. The van der Waals surface area contributed by atoms with Gasteiger partial charge in [-0.2, -0.15) is 0 Å². The largest absolute Gasteiger partial charge is 0.381 e. The lowest BCUT2D eigenvalue weighted by atomic mass is 9.69. The monoisotopic (exact) mass is 498 g/mol. The number of aryl methyl sites for hydroxylation is 1. The Morgan fingerprint density at radius 3 is 2.00 bits per heavy atom. The number of fused-ring (bicyclic) bond motifs is 1. The minimum absolute atomic E-state index is 0.413. The van der Waals surface area contributed by atoms with E-state index < -0.39 is 0 Å². The van der Waals surface area contributed by atoms with E-state index in [9.17, 15) is 0 Å². The van der Waals surface area contributed by atoms with E-state index in [4.69, 9.17) is 4.74 Å². The molecule has 1 aliphatic heterocycles. The van der Waals surface area contributed by atoms with Crippen LogP contribution in [0.15, 0.2) is 41.8 Å². The topological polar surface area (TPSA) is 9.23 Å². The van der Waals surface area contributed by atoms with Gasteiger partial charge in [0.15, 0.2) is 0 Å². The second-order valence-electron chi connectivity index (χ2n) is 14.1. The average molecular weight is 499 g/mol. The van der Waals surface area contributed by atoms with Gasteiger partial charge in [-0.15, -0.1) is 11.3 Å². The molecule has 0 spiro atoms. The predicted molar refractivity (Wildman–Crippen MR) is 157 cm³/mol. The normalized spacial score (nSPS) is 19.1. The van der Waals surface area contributed by atoms with Gasteiger partial charge in [0, 0.05) is 18.1 Å². The number of rotatable bonds is 2. The van der Waals surface area contributed by atoms with E-state index in [0.717, 1.165) is 25.0 Å². The van der Waals surface area contributed by atoms with E-state index in [-0.39, 0.29) is 0 Å². The molecule has 1 fully saturated rings. The van der Waals surface area contributed by atoms with Crippen LogP contribution in [0.1, 0.15) is 116 Å². The third-order valence-electron chi connectivity index (χ3n) is 6.94. The van der Waals surface area contributed by atoms with E-state index >= 15 is 0 Å². The number of ether oxygens (including phenoxy) is 1. The fourth-order valence-electron chi connectivity index (χ4n) is 5.41. The van der Waals surface area contributed by atoms with Gasteiger partial charge in [-0.1, -0.05) is 92.6 Å². The lowest BCUT2D eigenvalue weighted by Crippen LogP contribution is -2.22. The smallest absolute Gasteiger partial charge is 0.0468 e. The Labute approximate surface area is 222 Å². The van der Waals surface area contributed by atoms with Crippen LogP contribution in [0.4, 0.5) is 0 Å².